The first-order chi connectivity index (χ1) is 24.2. The van der Waals surface area contributed by atoms with Crippen molar-refractivity contribution in [1.29, 1.82) is 21.0 Å². The van der Waals surface area contributed by atoms with E-state index in [0.29, 0.717) is 72.4 Å². The Hall–Kier alpha value is -6.88. The highest BCUT2D eigenvalue weighted by atomic mass is 19.4. The largest absolute Gasteiger partial charge is 0.416 e. The number of alkyl halides is 6. The normalized spacial score (nSPS) is 14.4. The highest BCUT2D eigenvalue weighted by Crippen LogP contribution is 2.51. The quantitative estimate of drug-likeness (QED) is 0.159. The van der Waals surface area contributed by atoms with Crippen LogP contribution in [0.15, 0.2) is 120 Å². The van der Waals surface area contributed by atoms with E-state index in [1.807, 2.05) is 24.3 Å². The van der Waals surface area contributed by atoms with E-state index in [0.717, 1.165) is 24.3 Å². The van der Waals surface area contributed by atoms with Crippen LogP contribution in [0.2, 0.25) is 0 Å². The number of allylic oxidation sites excluding steroid dienone is 9. The van der Waals surface area contributed by atoms with Crippen molar-refractivity contribution in [1.82, 2.24) is 0 Å². The van der Waals surface area contributed by atoms with Crippen molar-refractivity contribution in [2.24, 2.45) is 0 Å². The van der Waals surface area contributed by atoms with Gasteiger partial charge < -0.3 is 0 Å². The van der Waals surface area contributed by atoms with Gasteiger partial charge in [0.1, 0.15) is 35.4 Å². The molecule has 10 heteroatoms. The van der Waals surface area contributed by atoms with Gasteiger partial charge in [-0.05, 0) is 116 Å². The molecule has 0 bridgehead atoms. The summed E-state index contributed by atoms with van der Waals surface area (Å²) in [6.45, 7) is 5.93. The van der Waals surface area contributed by atoms with Gasteiger partial charge in [0.05, 0.1) is 11.1 Å². The Balaban J connectivity index is 1.52. The Bertz CT molecular complexity index is 2450. The molecule has 0 unspecified atom stereocenters. The van der Waals surface area contributed by atoms with E-state index in [-0.39, 0.29) is 16.7 Å². The monoisotopic (exact) mass is 682 g/mol. The minimum Gasteiger partial charge on any atom is -0.192 e. The third kappa shape index (κ3) is 5.90. The van der Waals surface area contributed by atoms with Gasteiger partial charge >= 0.3 is 12.4 Å². The minimum atomic E-state index is -4.51. The molecule has 0 atom stereocenters. The molecular weight excluding hydrogens is 662 g/mol. The van der Waals surface area contributed by atoms with Crippen LogP contribution in [0, 0.1) is 45.3 Å². The second-order valence-electron chi connectivity index (χ2n) is 11.7. The smallest absolute Gasteiger partial charge is 0.192 e. The summed E-state index contributed by atoms with van der Waals surface area (Å²) in [7, 11) is 0. The molecule has 0 fully saturated rings. The number of hydrogen-bond acceptors (Lipinski definition) is 4. The number of nitriles is 4. The number of halogens is 6. The fourth-order valence-corrected chi connectivity index (χ4v) is 6.41. The van der Waals surface area contributed by atoms with Crippen molar-refractivity contribution >= 4 is 22.3 Å². The Kier molecular flexibility index (Phi) is 8.36. The molecule has 6 rings (SSSR count). The molecule has 4 nitrogen and oxygen atoms in total. The maximum Gasteiger partial charge on any atom is 0.416 e. The Morgan fingerprint density at radius 2 is 0.941 bits per heavy atom. The van der Waals surface area contributed by atoms with Gasteiger partial charge in [0.15, 0.2) is 0 Å². The van der Waals surface area contributed by atoms with Gasteiger partial charge in [0.25, 0.3) is 0 Å². The van der Waals surface area contributed by atoms with Crippen LogP contribution in [0.25, 0.3) is 44.5 Å². The van der Waals surface area contributed by atoms with E-state index in [9.17, 15) is 47.4 Å². The van der Waals surface area contributed by atoms with Crippen molar-refractivity contribution in [3.63, 3.8) is 0 Å². The molecule has 0 heterocycles. The first-order valence-corrected chi connectivity index (χ1v) is 15.1. The molecule has 2 aliphatic rings. The lowest BCUT2D eigenvalue weighted by molar-refractivity contribution is -0.138. The van der Waals surface area contributed by atoms with Crippen LogP contribution in [-0.4, -0.2) is 0 Å². The molecule has 4 aromatic carbocycles. The second-order valence-corrected chi connectivity index (χ2v) is 11.7. The zero-order chi connectivity index (χ0) is 36.8. The van der Waals surface area contributed by atoms with Gasteiger partial charge in [0.2, 0.25) is 0 Å². The highest BCUT2D eigenvalue weighted by molar-refractivity contribution is 6.15. The molecule has 0 saturated heterocycles. The molecule has 0 N–H and O–H groups in total. The van der Waals surface area contributed by atoms with Crippen LogP contribution >= 0.6 is 0 Å². The topological polar surface area (TPSA) is 95.2 Å². The molecule has 0 saturated carbocycles. The van der Waals surface area contributed by atoms with Crippen molar-refractivity contribution in [3.8, 4) is 46.5 Å². The lowest BCUT2D eigenvalue weighted by atomic mass is 9.94. The summed E-state index contributed by atoms with van der Waals surface area (Å²) in [6, 6.07) is 27.2. The van der Waals surface area contributed by atoms with E-state index in [4.69, 9.17) is 0 Å². The summed E-state index contributed by atoms with van der Waals surface area (Å²) in [5.41, 5.74) is 4.93. The van der Waals surface area contributed by atoms with Gasteiger partial charge in [-0.25, -0.2) is 0 Å². The lowest BCUT2D eigenvalue weighted by Crippen LogP contribution is -2.04. The molecular formula is C41H20F6N4. The predicted octanol–water partition coefficient (Wildman–Crippen LogP) is 11.1. The summed E-state index contributed by atoms with van der Waals surface area (Å²) < 4.78 is 79.2. The molecule has 0 aliphatic heterocycles. The molecule has 246 valence electrons. The van der Waals surface area contributed by atoms with Crippen molar-refractivity contribution in [2.75, 3.05) is 0 Å². The summed E-state index contributed by atoms with van der Waals surface area (Å²) in [6.07, 6.45) is -7.24. The van der Waals surface area contributed by atoms with Crippen LogP contribution in [0.5, 0.6) is 0 Å². The molecule has 2 aliphatic carbocycles. The second kappa shape index (κ2) is 12.5. The van der Waals surface area contributed by atoms with Crippen LogP contribution < -0.4 is 0 Å². The van der Waals surface area contributed by atoms with E-state index in [1.165, 1.54) is 24.3 Å². The van der Waals surface area contributed by atoms with Gasteiger partial charge in [-0.2, -0.15) is 47.4 Å². The number of benzene rings is 4. The first kappa shape index (κ1) is 34.0. The van der Waals surface area contributed by atoms with Crippen LogP contribution in [0.4, 0.5) is 26.3 Å². The molecule has 0 aromatic heterocycles. The van der Waals surface area contributed by atoms with Crippen LogP contribution in [0.3, 0.4) is 0 Å². The van der Waals surface area contributed by atoms with Gasteiger partial charge in [-0.1, -0.05) is 55.1 Å². The lowest BCUT2D eigenvalue weighted by Gasteiger charge is -2.11. The Labute approximate surface area is 288 Å². The number of hydrogen-bond donors (Lipinski definition) is 0. The number of nitrogens with zero attached hydrogens (tertiary/aromatic N) is 4. The molecule has 0 spiro atoms. The van der Waals surface area contributed by atoms with E-state index >= 15 is 0 Å². The van der Waals surface area contributed by atoms with Gasteiger partial charge in [-0.15, -0.1) is 0 Å². The molecule has 51 heavy (non-hydrogen) atoms. The standard InChI is InChI=1S/C41H20F6N4/c1-22-34(32-13-7-26(15-36(32)38(22)28(18-48)19-49)24-3-9-30(10-4-24)40(42,43)44)17-35-23(2)39(29(20-50)21-51)37-16-27(8-14-33(35)37)25-5-11-31(12-6-25)41(45,46)47/h3-17H,1H2,2H3/b34-17+. The highest BCUT2D eigenvalue weighted by Gasteiger charge is 2.33. The van der Waals surface area contributed by atoms with Crippen molar-refractivity contribution < 1.29 is 26.3 Å². The molecule has 0 amide bonds. The van der Waals surface area contributed by atoms with Gasteiger partial charge in [-0.3, -0.25) is 0 Å². The summed E-state index contributed by atoms with van der Waals surface area (Å²) in [5.74, 6) is 0. The fraction of sp³-hybridized carbons (Fsp3) is 0.0732. The SMILES string of the molecule is C=C1C(=C(C#N)C#N)c2cc(-c3ccc(C(F)(F)F)cc3)ccc2/C1=C/C1=C(C)C(=C(C#N)C#N)c2cc(-c3ccc(C(F)(F)F)cc3)ccc21. The number of rotatable bonds is 3. The molecule has 0 radical (unpaired) electrons. The zero-order valence-corrected chi connectivity index (χ0v) is 26.4. The Morgan fingerprint density at radius 3 is 1.37 bits per heavy atom. The van der Waals surface area contributed by atoms with Crippen molar-refractivity contribution in [2.45, 2.75) is 19.3 Å². The first-order valence-electron chi connectivity index (χ1n) is 15.1. The van der Waals surface area contributed by atoms with E-state index < -0.39 is 23.5 Å². The van der Waals surface area contributed by atoms with Gasteiger partial charge in [0, 0.05) is 11.1 Å². The minimum absolute atomic E-state index is 0.171. The van der Waals surface area contributed by atoms with E-state index in [2.05, 4.69) is 6.58 Å². The Morgan fingerprint density at radius 1 is 0.549 bits per heavy atom. The van der Waals surface area contributed by atoms with E-state index in [1.54, 1.807) is 49.4 Å². The zero-order valence-electron chi connectivity index (χ0n) is 26.4. The van der Waals surface area contributed by atoms with Crippen molar-refractivity contribution in [3.05, 3.63) is 153 Å². The maximum atomic E-state index is 13.2. The predicted molar refractivity (Wildman–Crippen MR) is 180 cm³/mol. The fourth-order valence-electron chi connectivity index (χ4n) is 6.41. The molecule has 4 aromatic rings. The summed E-state index contributed by atoms with van der Waals surface area (Å²) in [5, 5.41) is 39.5. The maximum absolute atomic E-state index is 13.2. The third-order valence-corrected chi connectivity index (χ3v) is 8.89. The summed E-state index contributed by atoms with van der Waals surface area (Å²) >= 11 is 0. The van der Waals surface area contributed by atoms with Crippen LogP contribution in [-0.2, 0) is 12.4 Å². The van der Waals surface area contributed by atoms with Crippen LogP contribution in [0.1, 0.15) is 40.3 Å². The number of fused-ring (bicyclic) bond motifs is 2. The third-order valence-electron chi connectivity index (χ3n) is 8.89. The average molecular weight is 683 g/mol. The average Bonchev–Trinajstić information content (AvgIpc) is 3.54. The summed E-state index contributed by atoms with van der Waals surface area (Å²) in [4.78, 5) is 0.